The van der Waals surface area contributed by atoms with E-state index in [0.29, 0.717) is 5.92 Å². The summed E-state index contributed by atoms with van der Waals surface area (Å²) in [6, 6.07) is 0. The molecule has 2 saturated carbocycles. The van der Waals surface area contributed by atoms with Crippen molar-refractivity contribution in [2.75, 3.05) is 0 Å². The van der Waals surface area contributed by atoms with Gasteiger partial charge in [-0.3, -0.25) is 4.79 Å². The first-order chi connectivity index (χ1) is 5.81. The molecule has 0 spiro atoms. The Labute approximate surface area is 101 Å². The summed E-state index contributed by atoms with van der Waals surface area (Å²) in [7, 11) is 0. The second kappa shape index (κ2) is 4.78. The van der Waals surface area contributed by atoms with Gasteiger partial charge < -0.3 is 11.3 Å². The van der Waals surface area contributed by atoms with E-state index in [1.807, 2.05) is 5.43 Å². The zero-order chi connectivity index (χ0) is 8.55. The largest absolute Gasteiger partial charge is 1.00 e. The second-order valence-electron chi connectivity index (χ2n) is 4.11. The molecular weight excluding hydrogens is 175 g/mol. The minimum atomic E-state index is -0.0552. The number of hydrogen-bond acceptors (Lipinski definition) is 1. The van der Waals surface area contributed by atoms with E-state index in [1.165, 1.54) is 25.7 Å². The first kappa shape index (κ1) is 11.5. The maximum atomic E-state index is 11.3. The Morgan fingerprint density at radius 2 is 1.92 bits per heavy atom. The van der Waals surface area contributed by atoms with Crippen LogP contribution in [0.4, 0.5) is 0 Å². The average molecular weight is 190 g/mol. The Morgan fingerprint density at radius 3 is 2.62 bits per heavy atom. The Morgan fingerprint density at radius 1 is 1.23 bits per heavy atom. The first-order valence-electron chi connectivity index (χ1n) is 4.78. The number of rotatable bonds is 1. The van der Waals surface area contributed by atoms with Crippen LogP contribution in [0, 0.1) is 17.8 Å². The molecular formula is C9H15N2NaO. The third-order valence-corrected chi connectivity index (χ3v) is 3.50. The molecule has 68 valence electrons. The Kier molecular flexibility index (Phi) is 4.23. The fraction of sp³-hybridized carbons (Fsp3) is 0.889. The molecule has 2 aliphatic rings. The molecule has 2 N–H and O–H groups in total. The third kappa shape index (κ3) is 2.27. The summed E-state index contributed by atoms with van der Waals surface area (Å²) in [5, 5.41) is 0. The minimum absolute atomic E-state index is 0. The summed E-state index contributed by atoms with van der Waals surface area (Å²) in [5.41, 5.74) is 2.03. The molecule has 0 aromatic heterocycles. The number of carbonyl (C=O) groups excluding carboxylic acids is 1. The molecule has 2 fully saturated rings. The van der Waals surface area contributed by atoms with Gasteiger partial charge >= 0.3 is 29.6 Å². The molecule has 2 bridgehead atoms. The zero-order valence-corrected chi connectivity index (χ0v) is 10.2. The van der Waals surface area contributed by atoms with Crippen molar-refractivity contribution in [2.24, 2.45) is 17.8 Å². The predicted octanol–water partition coefficient (Wildman–Crippen LogP) is -1.10. The van der Waals surface area contributed by atoms with Crippen LogP contribution < -0.4 is 35.0 Å². The van der Waals surface area contributed by atoms with E-state index >= 15 is 0 Å². The first-order valence-corrected chi connectivity index (χ1v) is 4.78. The van der Waals surface area contributed by atoms with Crippen molar-refractivity contribution in [2.45, 2.75) is 32.1 Å². The molecule has 0 radical (unpaired) electrons. The summed E-state index contributed by atoms with van der Waals surface area (Å²) in [6.45, 7) is 0. The van der Waals surface area contributed by atoms with Crippen molar-refractivity contribution < 1.29 is 34.4 Å². The SMILES string of the molecule is [NH-]NC(=O)C1CCC2CCC1C2.[Na+]. The Balaban J connectivity index is 0.000000845. The normalized spacial score (nSPS) is 36.5. The molecule has 4 heteroatoms. The van der Waals surface area contributed by atoms with E-state index in [0.717, 1.165) is 12.3 Å². The number of fused-ring (bicyclic) bond motifs is 2. The van der Waals surface area contributed by atoms with Gasteiger partial charge in [0.1, 0.15) is 0 Å². The smallest absolute Gasteiger partial charge is 0.584 e. The van der Waals surface area contributed by atoms with E-state index in [9.17, 15) is 4.79 Å². The molecule has 1 amide bonds. The molecule has 13 heavy (non-hydrogen) atoms. The van der Waals surface area contributed by atoms with Gasteiger partial charge in [-0.25, -0.2) is 0 Å². The van der Waals surface area contributed by atoms with Crippen molar-refractivity contribution in [3.05, 3.63) is 5.84 Å². The summed E-state index contributed by atoms with van der Waals surface area (Å²) in [5.74, 6) is 8.41. The maximum absolute atomic E-state index is 11.3. The molecule has 0 aromatic carbocycles. The van der Waals surface area contributed by atoms with E-state index in [1.54, 1.807) is 0 Å². The molecule has 3 nitrogen and oxygen atoms in total. The average Bonchev–Trinajstić information content (AvgIpc) is 2.47. The summed E-state index contributed by atoms with van der Waals surface area (Å²) >= 11 is 0. The van der Waals surface area contributed by atoms with Gasteiger partial charge in [-0.1, -0.05) is 6.42 Å². The summed E-state index contributed by atoms with van der Waals surface area (Å²) < 4.78 is 0. The number of hydrogen-bond donors (Lipinski definition) is 1. The van der Waals surface area contributed by atoms with Gasteiger partial charge in [0.15, 0.2) is 0 Å². The monoisotopic (exact) mass is 190 g/mol. The molecule has 0 heterocycles. The van der Waals surface area contributed by atoms with E-state index in [4.69, 9.17) is 5.84 Å². The van der Waals surface area contributed by atoms with Crippen LogP contribution in [0.3, 0.4) is 0 Å². The molecule has 0 aliphatic heterocycles. The van der Waals surface area contributed by atoms with Crippen molar-refractivity contribution >= 4 is 5.91 Å². The van der Waals surface area contributed by atoms with Gasteiger partial charge in [-0.15, -0.1) is 0 Å². The third-order valence-electron chi connectivity index (χ3n) is 3.50. The Hall–Kier alpha value is 0.430. The van der Waals surface area contributed by atoms with Crippen LogP contribution in [0.5, 0.6) is 0 Å². The minimum Gasteiger partial charge on any atom is -0.584 e. The van der Waals surface area contributed by atoms with E-state index < -0.39 is 0 Å². The summed E-state index contributed by atoms with van der Waals surface area (Å²) in [4.78, 5) is 11.3. The number of amides is 1. The Bertz CT molecular complexity index is 198. The van der Waals surface area contributed by atoms with Crippen LogP contribution in [0.15, 0.2) is 0 Å². The van der Waals surface area contributed by atoms with Gasteiger partial charge in [0.2, 0.25) is 5.91 Å². The standard InChI is InChI=1S/C9H15N2O.Na/c10-11-9(12)8-4-2-6-1-3-7(8)5-6;/h6-8,10H,1-5H2,(H,11,12);/q-1;+1. The van der Waals surface area contributed by atoms with Gasteiger partial charge in [-0.05, 0) is 37.5 Å². The fourth-order valence-electron chi connectivity index (χ4n) is 2.83. The second-order valence-corrected chi connectivity index (χ2v) is 4.11. The van der Waals surface area contributed by atoms with Crippen LogP contribution in [-0.4, -0.2) is 5.91 Å². The quantitative estimate of drug-likeness (QED) is 0.414. The maximum Gasteiger partial charge on any atom is 1.00 e. The molecule has 2 rings (SSSR count). The molecule has 3 unspecified atom stereocenters. The molecule has 0 saturated heterocycles. The summed E-state index contributed by atoms with van der Waals surface area (Å²) in [6.07, 6.45) is 5.97. The predicted molar refractivity (Wildman–Crippen MR) is 46.0 cm³/mol. The van der Waals surface area contributed by atoms with Gasteiger partial charge in [0.05, 0.1) is 0 Å². The van der Waals surface area contributed by atoms with Crippen LogP contribution >= 0.6 is 0 Å². The molecule has 0 aromatic rings. The van der Waals surface area contributed by atoms with E-state index in [-0.39, 0.29) is 41.4 Å². The number of nitrogens with one attached hydrogen (secondary N) is 2. The van der Waals surface area contributed by atoms with Gasteiger partial charge in [0.25, 0.3) is 0 Å². The van der Waals surface area contributed by atoms with Crippen molar-refractivity contribution in [3.63, 3.8) is 0 Å². The zero-order valence-electron chi connectivity index (χ0n) is 8.18. The topological polar surface area (TPSA) is 52.9 Å². The van der Waals surface area contributed by atoms with Crippen LogP contribution in [0.2, 0.25) is 0 Å². The molecule has 2 aliphatic carbocycles. The number of carbonyl (C=O) groups is 1. The van der Waals surface area contributed by atoms with Crippen LogP contribution in [-0.2, 0) is 4.79 Å². The van der Waals surface area contributed by atoms with Crippen molar-refractivity contribution in [1.29, 1.82) is 0 Å². The van der Waals surface area contributed by atoms with Gasteiger partial charge in [0, 0.05) is 5.92 Å². The van der Waals surface area contributed by atoms with Crippen LogP contribution in [0.1, 0.15) is 32.1 Å². The van der Waals surface area contributed by atoms with Gasteiger partial charge in [-0.2, -0.15) is 0 Å². The van der Waals surface area contributed by atoms with Crippen molar-refractivity contribution in [1.82, 2.24) is 5.43 Å². The molecule has 3 atom stereocenters. The van der Waals surface area contributed by atoms with E-state index in [2.05, 4.69) is 0 Å². The van der Waals surface area contributed by atoms with Crippen molar-refractivity contribution in [3.8, 4) is 0 Å². The van der Waals surface area contributed by atoms with Crippen LogP contribution in [0.25, 0.3) is 5.84 Å². The fourth-order valence-corrected chi connectivity index (χ4v) is 2.83.